The highest BCUT2D eigenvalue weighted by atomic mass is 19.1. The zero-order valence-electron chi connectivity index (χ0n) is 11.3. The normalized spacial score (nSPS) is 11.9. The van der Waals surface area contributed by atoms with Gasteiger partial charge < -0.3 is 5.32 Å². The van der Waals surface area contributed by atoms with Crippen LogP contribution < -0.4 is 5.32 Å². The van der Waals surface area contributed by atoms with Crippen molar-refractivity contribution in [3.05, 3.63) is 90.3 Å². The van der Waals surface area contributed by atoms with Gasteiger partial charge in [0.05, 0.1) is 17.9 Å². The zero-order valence-corrected chi connectivity index (χ0v) is 11.3. The van der Waals surface area contributed by atoms with E-state index in [0.717, 1.165) is 16.8 Å². The molecule has 2 aromatic heterocycles. The van der Waals surface area contributed by atoms with E-state index in [1.54, 1.807) is 18.5 Å². The van der Waals surface area contributed by atoms with E-state index in [1.807, 2.05) is 30.3 Å². The van der Waals surface area contributed by atoms with Crippen molar-refractivity contribution < 1.29 is 4.39 Å². The van der Waals surface area contributed by atoms with Gasteiger partial charge in [0.15, 0.2) is 0 Å². The maximum absolute atomic E-state index is 12.9. The summed E-state index contributed by atoms with van der Waals surface area (Å²) in [4.78, 5) is 7.73. The SMILES string of the molecule is Fc1ccc(NC(c2ccccc2)c2ccncc2)cn1. The average molecular weight is 279 g/mol. The zero-order chi connectivity index (χ0) is 14.5. The van der Waals surface area contributed by atoms with Crippen molar-refractivity contribution >= 4 is 5.69 Å². The van der Waals surface area contributed by atoms with Gasteiger partial charge in [-0.05, 0) is 35.4 Å². The number of aromatic nitrogens is 2. The molecule has 2 heterocycles. The number of hydrogen-bond donors (Lipinski definition) is 1. The predicted octanol–water partition coefficient (Wildman–Crippen LogP) is 3.82. The Morgan fingerprint density at radius 3 is 2.24 bits per heavy atom. The Kier molecular flexibility index (Phi) is 3.87. The number of anilines is 1. The van der Waals surface area contributed by atoms with E-state index in [9.17, 15) is 4.39 Å². The lowest BCUT2D eigenvalue weighted by Crippen LogP contribution is -2.12. The smallest absolute Gasteiger partial charge is 0.212 e. The minimum atomic E-state index is -0.485. The van der Waals surface area contributed by atoms with Crippen molar-refractivity contribution in [2.75, 3.05) is 5.32 Å². The van der Waals surface area contributed by atoms with Crippen molar-refractivity contribution in [3.8, 4) is 0 Å². The van der Waals surface area contributed by atoms with E-state index in [1.165, 1.54) is 12.3 Å². The minimum absolute atomic E-state index is 0.0403. The van der Waals surface area contributed by atoms with Crippen LogP contribution in [0.5, 0.6) is 0 Å². The molecule has 1 N–H and O–H groups in total. The van der Waals surface area contributed by atoms with Gasteiger partial charge in [0.25, 0.3) is 0 Å². The Hall–Kier alpha value is -2.75. The lowest BCUT2D eigenvalue weighted by molar-refractivity contribution is 0.584. The van der Waals surface area contributed by atoms with Gasteiger partial charge in [-0.15, -0.1) is 0 Å². The summed E-state index contributed by atoms with van der Waals surface area (Å²) >= 11 is 0. The van der Waals surface area contributed by atoms with Crippen LogP contribution >= 0.6 is 0 Å². The third-order valence-corrected chi connectivity index (χ3v) is 3.21. The third-order valence-electron chi connectivity index (χ3n) is 3.21. The van der Waals surface area contributed by atoms with Crippen LogP contribution in [0.25, 0.3) is 0 Å². The molecule has 3 rings (SSSR count). The van der Waals surface area contributed by atoms with Gasteiger partial charge >= 0.3 is 0 Å². The highest BCUT2D eigenvalue weighted by Gasteiger charge is 2.13. The Labute approximate surface area is 122 Å². The van der Waals surface area contributed by atoms with Crippen LogP contribution in [-0.2, 0) is 0 Å². The molecule has 3 aromatic rings. The summed E-state index contributed by atoms with van der Waals surface area (Å²) in [6, 6.07) is 17.0. The summed E-state index contributed by atoms with van der Waals surface area (Å²) in [6.07, 6.45) is 5.01. The number of nitrogens with zero attached hydrogens (tertiary/aromatic N) is 2. The van der Waals surface area contributed by atoms with Crippen molar-refractivity contribution in [2.24, 2.45) is 0 Å². The molecule has 0 bridgehead atoms. The summed E-state index contributed by atoms with van der Waals surface area (Å²) in [5, 5.41) is 3.38. The quantitative estimate of drug-likeness (QED) is 0.738. The van der Waals surface area contributed by atoms with E-state index < -0.39 is 5.95 Å². The second-order valence-corrected chi connectivity index (χ2v) is 4.64. The largest absolute Gasteiger partial charge is 0.373 e. The number of hydrogen-bond acceptors (Lipinski definition) is 3. The first-order chi connectivity index (χ1) is 10.3. The Balaban J connectivity index is 1.95. The molecule has 1 unspecified atom stereocenters. The van der Waals surface area contributed by atoms with Gasteiger partial charge in [-0.25, -0.2) is 4.98 Å². The molecule has 0 amide bonds. The maximum Gasteiger partial charge on any atom is 0.212 e. The second kappa shape index (κ2) is 6.13. The van der Waals surface area contributed by atoms with Crippen LogP contribution in [0, 0.1) is 5.95 Å². The number of rotatable bonds is 4. The number of halogens is 1. The van der Waals surface area contributed by atoms with Gasteiger partial charge in [0.2, 0.25) is 5.95 Å². The van der Waals surface area contributed by atoms with E-state index in [-0.39, 0.29) is 6.04 Å². The molecule has 21 heavy (non-hydrogen) atoms. The molecular weight excluding hydrogens is 265 g/mol. The van der Waals surface area contributed by atoms with Crippen LogP contribution in [0.2, 0.25) is 0 Å². The minimum Gasteiger partial charge on any atom is -0.373 e. The molecule has 0 saturated heterocycles. The van der Waals surface area contributed by atoms with E-state index in [0.29, 0.717) is 0 Å². The third kappa shape index (κ3) is 3.23. The van der Waals surface area contributed by atoms with Crippen LogP contribution in [-0.4, -0.2) is 9.97 Å². The monoisotopic (exact) mass is 279 g/mol. The first-order valence-corrected chi connectivity index (χ1v) is 6.66. The van der Waals surface area contributed by atoms with Crippen LogP contribution in [0.15, 0.2) is 73.2 Å². The fourth-order valence-corrected chi connectivity index (χ4v) is 2.19. The van der Waals surface area contributed by atoms with E-state index >= 15 is 0 Å². The first-order valence-electron chi connectivity index (χ1n) is 6.66. The van der Waals surface area contributed by atoms with Crippen LogP contribution in [0.1, 0.15) is 17.2 Å². The average Bonchev–Trinajstić information content (AvgIpc) is 2.56. The first kappa shape index (κ1) is 13.2. The van der Waals surface area contributed by atoms with Gasteiger partial charge in [-0.2, -0.15) is 4.39 Å². The van der Waals surface area contributed by atoms with E-state index in [2.05, 4.69) is 27.4 Å². The fourth-order valence-electron chi connectivity index (χ4n) is 2.19. The highest BCUT2D eigenvalue weighted by molar-refractivity contribution is 5.47. The molecule has 0 aliphatic rings. The van der Waals surface area contributed by atoms with Crippen molar-refractivity contribution in [1.82, 2.24) is 9.97 Å². The standard InChI is InChI=1S/C17H14FN3/c18-16-7-6-15(12-20-16)21-17(13-4-2-1-3-5-13)14-8-10-19-11-9-14/h1-12,17,21H. The lowest BCUT2D eigenvalue weighted by atomic mass is 9.99. The summed E-state index contributed by atoms with van der Waals surface area (Å²) in [7, 11) is 0. The Morgan fingerprint density at radius 2 is 1.57 bits per heavy atom. The summed E-state index contributed by atoms with van der Waals surface area (Å²) < 4.78 is 12.9. The number of benzene rings is 1. The molecule has 1 aromatic carbocycles. The number of pyridine rings is 2. The molecule has 0 fully saturated rings. The van der Waals surface area contributed by atoms with Gasteiger partial charge in [-0.1, -0.05) is 30.3 Å². The molecule has 0 spiro atoms. The predicted molar refractivity (Wildman–Crippen MR) is 80.3 cm³/mol. The molecule has 3 nitrogen and oxygen atoms in total. The van der Waals surface area contributed by atoms with Crippen molar-refractivity contribution in [1.29, 1.82) is 0 Å². The van der Waals surface area contributed by atoms with Gasteiger partial charge in [0.1, 0.15) is 0 Å². The Bertz CT molecular complexity index is 645. The van der Waals surface area contributed by atoms with Crippen molar-refractivity contribution in [3.63, 3.8) is 0 Å². The Morgan fingerprint density at radius 1 is 0.857 bits per heavy atom. The van der Waals surface area contributed by atoms with Gasteiger partial charge in [-0.3, -0.25) is 4.98 Å². The molecule has 104 valence electrons. The summed E-state index contributed by atoms with van der Waals surface area (Å²) in [5.41, 5.74) is 2.97. The molecule has 0 aliphatic carbocycles. The fraction of sp³-hybridized carbons (Fsp3) is 0.0588. The van der Waals surface area contributed by atoms with Crippen LogP contribution in [0.4, 0.5) is 10.1 Å². The molecule has 1 atom stereocenters. The molecular formula is C17H14FN3. The van der Waals surface area contributed by atoms with E-state index in [4.69, 9.17) is 0 Å². The maximum atomic E-state index is 12.9. The van der Waals surface area contributed by atoms with Gasteiger partial charge in [0, 0.05) is 12.4 Å². The highest BCUT2D eigenvalue weighted by Crippen LogP contribution is 2.25. The number of nitrogens with one attached hydrogen (secondary N) is 1. The van der Waals surface area contributed by atoms with Crippen molar-refractivity contribution in [2.45, 2.75) is 6.04 Å². The van der Waals surface area contributed by atoms with Crippen LogP contribution in [0.3, 0.4) is 0 Å². The lowest BCUT2D eigenvalue weighted by Gasteiger charge is -2.20. The summed E-state index contributed by atoms with van der Waals surface area (Å²) in [6.45, 7) is 0. The molecule has 4 heteroatoms. The summed E-state index contributed by atoms with van der Waals surface area (Å²) in [5.74, 6) is -0.485. The molecule has 0 saturated carbocycles. The molecule has 0 radical (unpaired) electrons. The molecule has 0 aliphatic heterocycles. The second-order valence-electron chi connectivity index (χ2n) is 4.64. The topological polar surface area (TPSA) is 37.8 Å².